The van der Waals surface area contributed by atoms with Crippen LogP contribution in [0.15, 0.2) is 86.3 Å². The fourth-order valence-electron chi connectivity index (χ4n) is 3.22. The van der Waals surface area contributed by atoms with Gasteiger partial charge in [-0.1, -0.05) is 6.08 Å². The summed E-state index contributed by atoms with van der Waals surface area (Å²) in [6, 6.07) is 3.76. The Bertz CT molecular complexity index is 1390. The highest BCUT2D eigenvalue weighted by molar-refractivity contribution is 7.92. The van der Waals surface area contributed by atoms with Crippen LogP contribution in [-0.4, -0.2) is 30.6 Å². The Morgan fingerprint density at radius 1 is 1.06 bits per heavy atom. The molecule has 32 heavy (non-hydrogen) atoms. The minimum atomic E-state index is -4.87. The number of alkyl halides is 3. The number of hydroxylamine groups is 2. The summed E-state index contributed by atoms with van der Waals surface area (Å²) in [5.41, 5.74) is -1.19. The maximum absolute atomic E-state index is 13.7. The summed E-state index contributed by atoms with van der Waals surface area (Å²) in [4.78, 5) is 0. The van der Waals surface area contributed by atoms with Crippen molar-refractivity contribution in [2.24, 2.45) is 4.40 Å². The first-order chi connectivity index (χ1) is 15.0. The highest BCUT2D eigenvalue weighted by Gasteiger charge is 2.38. The number of thiophene rings is 1. The van der Waals surface area contributed by atoms with Crippen LogP contribution in [0.1, 0.15) is 5.56 Å². The van der Waals surface area contributed by atoms with Crippen molar-refractivity contribution in [1.82, 2.24) is 5.06 Å². The van der Waals surface area contributed by atoms with E-state index in [9.17, 15) is 31.2 Å². The van der Waals surface area contributed by atoms with E-state index >= 15 is 0 Å². The number of fused-ring (bicyclic) bond motifs is 1. The fraction of sp³-hybridized carbons (Fsp3) is 0.0952. The van der Waals surface area contributed by atoms with Crippen LogP contribution >= 0.6 is 11.3 Å². The van der Waals surface area contributed by atoms with Crippen molar-refractivity contribution in [2.45, 2.75) is 17.3 Å². The van der Waals surface area contributed by atoms with Crippen molar-refractivity contribution >= 4 is 37.2 Å². The van der Waals surface area contributed by atoms with Gasteiger partial charge in [-0.15, -0.1) is 11.3 Å². The Kier molecular flexibility index (Phi) is 5.43. The van der Waals surface area contributed by atoms with E-state index in [-0.39, 0.29) is 15.3 Å². The summed E-state index contributed by atoms with van der Waals surface area (Å²) in [5.74, 6) is -0.554. The Morgan fingerprint density at radius 3 is 2.41 bits per heavy atom. The molecule has 0 radical (unpaired) electrons. The van der Waals surface area contributed by atoms with Gasteiger partial charge in [0.25, 0.3) is 10.0 Å². The molecule has 5 nitrogen and oxygen atoms in total. The van der Waals surface area contributed by atoms with Gasteiger partial charge in [-0.3, -0.25) is 5.21 Å². The number of hydrogen-bond acceptors (Lipinski definition) is 5. The van der Waals surface area contributed by atoms with Crippen LogP contribution < -0.4 is 0 Å². The van der Waals surface area contributed by atoms with Gasteiger partial charge in [-0.2, -0.15) is 26.0 Å². The maximum Gasteiger partial charge on any atom is 0.418 e. The van der Waals surface area contributed by atoms with Gasteiger partial charge in [0.2, 0.25) is 0 Å². The number of aryl methyl sites for hydroxylation is 1. The van der Waals surface area contributed by atoms with E-state index in [1.54, 1.807) is 0 Å². The van der Waals surface area contributed by atoms with E-state index in [4.69, 9.17) is 0 Å². The second-order valence-electron chi connectivity index (χ2n) is 6.92. The first-order valence-electron chi connectivity index (χ1n) is 9.04. The van der Waals surface area contributed by atoms with Crippen LogP contribution in [0.5, 0.6) is 0 Å². The predicted octanol–water partition coefficient (Wildman–Crippen LogP) is 5.57. The first-order valence-corrected chi connectivity index (χ1v) is 11.3. The van der Waals surface area contributed by atoms with E-state index in [1.807, 2.05) is 0 Å². The van der Waals surface area contributed by atoms with Crippen molar-refractivity contribution < 1.29 is 31.2 Å². The zero-order valence-corrected chi connectivity index (χ0v) is 17.9. The van der Waals surface area contributed by atoms with Gasteiger partial charge in [0.05, 0.1) is 11.3 Å². The number of halogens is 4. The predicted molar refractivity (Wildman–Crippen MR) is 113 cm³/mol. The average molecular weight is 482 g/mol. The van der Waals surface area contributed by atoms with Gasteiger partial charge in [0.1, 0.15) is 10.0 Å². The van der Waals surface area contributed by atoms with Gasteiger partial charge < -0.3 is 0 Å². The molecule has 4 rings (SSSR count). The summed E-state index contributed by atoms with van der Waals surface area (Å²) >= 11 is 0.818. The molecule has 0 fully saturated rings. The van der Waals surface area contributed by atoms with Crippen molar-refractivity contribution in [3.05, 3.63) is 89.1 Å². The molecule has 11 heteroatoms. The van der Waals surface area contributed by atoms with E-state index in [2.05, 4.69) is 4.40 Å². The van der Waals surface area contributed by atoms with Crippen molar-refractivity contribution in [3.8, 4) is 0 Å². The molecule has 1 aliphatic heterocycles. The van der Waals surface area contributed by atoms with E-state index in [1.165, 1.54) is 55.8 Å². The molecule has 1 aromatic heterocycles. The molecule has 0 saturated carbocycles. The molecular weight excluding hydrogens is 468 g/mol. The molecule has 0 amide bonds. The SMILES string of the molecule is Cc1c(S(=O)(=O)N=C2C=CC(=C3C=CN(O)C=C3)C=C2C(F)(F)F)sc2ccc(F)cc12. The number of hydrogen-bond donors (Lipinski definition) is 1. The number of rotatable bonds is 2. The molecule has 1 N–H and O–H groups in total. The Hall–Kier alpha value is -3.02. The van der Waals surface area contributed by atoms with Gasteiger partial charge in [-0.25, -0.2) is 9.45 Å². The molecule has 0 atom stereocenters. The van der Waals surface area contributed by atoms with Gasteiger partial charge in [0, 0.05) is 17.1 Å². The largest absolute Gasteiger partial charge is 0.418 e. The third kappa shape index (κ3) is 4.18. The monoisotopic (exact) mass is 482 g/mol. The van der Waals surface area contributed by atoms with Crippen LogP contribution in [0.25, 0.3) is 10.1 Å². The standard InChI is InChI=1S/C21H14F4N2O3S2/c1-12-16-11-15(22)3-5-19(16)31-20(12)32(29,30)26-18-4-2-14(10-17(18)21(23,24)25)13-6-8-27(28)9-7-13/h2-11,28H,1H3. The Morgan fingerprint density at radius 2 is 1.75 bits per heavy atom. The van der Waals surface area contributed by atoms with Crippen LogP contribution in [0.3, 0.4) is 0 Å². The molecule has 2 heterocycles. The quantitative estimate of drug-likeness (QED) is 0.569. The highest BCUT2D eigenvalue weighted by atomic mass is 32.2. The van der Waals surface area contributed by atoms with Crippen LogP contribution in [-0.2, 0) is 10.0 Å². The second kappa shape index (κ2) is 7.84. The van der Waals surface area contributed by atoms with Crippen LogP contribution in [0.2, 0.25) is 0 Å². The summed E-state index contributed by atoms with van der Waals surface area (Å²) in [7, 11) is -4.50. The van der Waals surface area contributed by atoms with E-state index < -0.39 is 33.3 Å². The lowest BCUT2D eigenvalue weighted by atomic mass is 9.95. The number of nitrogens with zero attached hydrogens (tertiary/aromatic N) is 2. The second-order valence-corrected chi connectivity index (χ2v) is 9.77. The van der Waals surface area contributed by atoms with Gasteiger partial charge in [0.15, 0.2) is 0 Å². The minimum absolute atomic E-state index is 0.169. The molecular formula is C21H14F4N2O3S2. The maximum atomic E-state index is 13.7. The topological polar surface area (TPSA) is 70.0 Å². The summed E-state index contributed by atoms with van der Waals surface area (Å²) in [6.45, 7) is 1.46. The zero-order valence-electron chi connectivity index (χ0n) is 16.3. The van der Waals surface area contributed by atoms with Crippen molar-refractivity contribution in [1.29, 1.82) is 0 Å². The summed E-state index contributed by atoms with van der Waals surface area (Å²) in [6.07, 6.45) is 3.54. The molecule has 2 aromatic rings. The zero-order chi connectivity index (χ0) is 23.3. The Labute approximate surface area is 184 Å². The number of allylic oxidation sites excluding steroid dienone is 8. The molecule has 1 aromatic carbocycles. The fourth-order valence-corrected chi connectivity index (χ4v) is 5.94. The van der Waals surface area contributed by atoms with E-state index in [0.29, 0.717) is 15.7 Å². The normalized spacial score (nSPS) is 18.2. The number of benzene rings is 1. The smallest absolute Gasteiger partial charge is 0.285 e. The third-order valence-corrected chi connectivity index (χ3v) is 7.92. The Balaban J connectivity index is 1.81. The lowest BCUT2D eigenvalue weighted by molar-refractivity contribution is -0.0860. The molecule has 1 aliphatic carbocycles. The van der Waals surface area contributed by atoms with Gasteiger partial charge in [-0.05, 0) is 71.5 Å². The van der Waals surface area contributed by atoms with E-state index in [0.717, 1.165) is 28.6 Å². The highest BCUT2D eigenvalue weighted by Crippen LogP contribution is 2.37. The van der Waals surface area contributed by atoms with Crippen molar-refractivity contribution in [3.63, 3.8) is 0 Å². The molecule has 166 valence electrons. The van der Waals surface area contributed by atoms with Crippen LogP contribution in [0, 0.1) is 12.7 Å². The molecule has 0 unspecified atom stereocenters. The molecule has 2 aliphatic rings. The average Bonchev–Trinajstić information content (AvgIpc) is 3.05. The molecule has 0 saturated heterocycles. The van der Waals surface area contributed by atoms with Crippen molar-refractivity contribution in [2.75, 3.05) is 0 Å². The number of sulfonamides is 1. The molecule has 0 spiro atoms. The van der Waals surface area contributed by atoms with Crippen LogP contribution in [0.4, 0.5) is 17.6 Å². The first kappa shape index (κ1) is 22.2. The molecule has 0 bridgehead atoms. The lowest BCUT2D eigenvalue weighted by Crippen LogP contribution is -2.22. The third-order valence-electron chi connectivity index (χ3n) is 4.76. The minimum Gasteiger partial charge on any atom is -0.285 e. The summed E-state index contributed by atoms with van der Waals surface area (Å²) in [5, 5.41) is 10.4. The summed E-state index contributed by atoms with van der Waals surface area (Å²) < 4.78 is 84.3. The lowest BCUT2D eigenvalue weighted by Gasteiger charge is -2.18. The van der Waals surface area contributed by atoms with Gasteiger partial charge >= 0.3 is 6.18 Å².